The van der Waals surface area contributed by atoms with E-state index < -0.39 is 5.54 Å². The van der Waals surface area contributed by atoms with Crippen LogP contribution < -0.4 is 10.2 Å². The Morgan fingerprint density at radius 2 is 1.58 bits per heavy atom. The van der Waals surface area contributed by atoms with E-state index in [9.17, 15) is 14.4 Å². The van der Waals surface area contributed by atoms with Crippen molar-refractivity contribution in [3.05, 3.63) is 66.2 Å². The second-order valence-corrected chi connectivity index (χ2v) is 12.2. The molecule has 2 aromatic carbocycles. The van der Waals surface area contributed by atoms with Gasteiger partial charge in [-0.15, -0.1) is 0 Å². The highest BCUT2D eigenvalue weighted by atomic mass is 16.2. The summed E-state index contributed by atoms with van der Waals surface area (Å²) < 4.78 is 0. The highest BCUT2D eigenvalue weighted by Crippen LogP contribution is 2.39. The van der Waals surface area contributed by atoms with E-state index in [1.54, 1.807) is 4.90 Å². The Bertz CT molecular complexity index is 1100. The van der Waals surface area contributed by atoms with Gasteiger partial charge in [0.2, 0.25) is 11.8 Å². The van der Waals surface area contributed by atoms with E-state index in [-0.39, 0.29) is 29.7 Å². The number of nitrogens with one attached hydrogen (secondary N) is 1. The minimum Gasteiger partial charge on any atom is -0.350 e. The first-order chi connectivity index (χ1) is 18.1. The average molecular weight is 519 g/mol. The minimum atomic E-state index is -0.741. The Balaban J connectivity index is 1.43. The lowest BCUT2D eigenvalue weighted by molar-refractivity contribution is -0.140. The number of carbonyl (C=O) groups excluding carboxylic acids is 3. The molecule has 7 heteroatoms. The van der Waals surface area contributed by atoms with Crippen molar-refractivity contribution in [2.45, 2.75) is 65.5 Å². The Hall–Kier alpha value is -3.35. The van der Waals surface area contributed by atoms with Crippen LogP contribution in [0.1, 0.15) is 58.9 Å². The standard InChI is InChI=1S/C31H42N4O3/c1-24(20-30(2,3)4)19-28(37)33-17-15-31(16-18-33)29(38)34(23-35(31)26-13-9-6-10-14-26)22-27(36)32-21-25-11-7-5-8-12-25/h5-14,24H,15-23H2,1-4H3,(H,32,36)/t24-/m1/s1. The molecule has 1 atom stereocenters. The third kappa shape index (κ3) is 6.55. The zero-order chi connectivity index (χ0) is 27.3. The Labute approximate surface area is 227 Å². The number of hydrogen-bond donors (Lipinski definition) is 1. The number of likely N-dealkylation sites (tertiary alicyclic amines) is 1. The van der Waals surface area contributed by atoms with E-state index in [2.05, 4.69) is 37.9 Å². The average Bonchev–Trinajstić information content (AvgIpc) is 3.14. The van der Waals surface area contributed by atoms with Gasteiger partial charge in [0.05, 0.1) is 6.67 Å². The minimum absolute atomic E-state index is 0.0176. The predicted octanol–water partition coefficient (Wildman–Crippen LogP) is 4.43. The van der Waals surface area contributed by atoms with Crippen molar-refractivity contribution in [2.75, 3.05) is 31.2 Å². The smallest absolute Gasteiger partial charge is 0.250 e. The Morgan fingerprint density at radius 1 is 0.974 bits per heavy atom. The lowest BCUT2D eigenvalue weighted by Gasteiger charge is -2.43. The van der Waals surface area contributed by atoms with Crippen LogP contribution in [0.2, 0.25) is 0 Å². The molecule has 0 saturated carbocycles. The summed E-state index contributed by atoms with van der Waals surface area (Å²) in [5.41, 5.74) is 1.43. The first-order valence-electron chi connectivity index (χ1n) is 13.8. The maximum Gasteiger partial charge on any atom is 0.250 e. The number of nitrogens with zero attached hydrogens (tertiary/aromatic N) is 3. The van der Waals surface area contributed by atoms with Crippen LogP contribution in [0.25, 0.3) is 0 Å². The van der Waals surface area contributed by atoms with Crippen molar-refractivity contribution in [3.63, 3.8) is 0 Å². The summed E-state index contributed by atoms with van der Waals surface area (Å²) in [6.07, 6.45) is 2.65. The van der Waals surface area contributed by atoms with Gasteiger partial charge in [-0.1, -0.05) is 76.2 Å². The summed E-state index contributed by atoms with van der Waals surface area (Å²) in [5.74, 6) is 0.291. The molecule has 2 aliphatic rings. The number of hydrogen-bond acceptors (Lipinski definition) is 4. The van der Waals surface area contributed by atoms with Crippen LogP contribution in [0, 0.1) is 11.3 Å². The van der Waals surface area contributed by atoms with Gasteiger partial charge in [-0.2, -0.15) is 0 Å². The van der Waals surface area contributed by atoms with E-state index >= 15 is 0 Å². The summed E-state index contributed by atoms with van der Waals surface area (Å²) in [6, 6.07) is 19.7. The third-order valence-corrected chi connectivity index (χ3v) is 7.68. The summed E-state index contributed by atoms with van der Waals surface area (Å²) in [6.45, 7) is 10.7. The molecular formula is C31H42N4O3. The molecule has 2 fully saturated rings. The number of benzene rings is 2. The summed E-state index contributed by atoms with van der Waals surface area (Å²) in [7, 11) is 0. The SMILES string of the molecule is C[C@H](CC(=O)N1CCC2(CC1)C(=O)N(CC(=O)NCc1ccccc1)CN2c1ccccc1)CC(C)(C)C. The second kappa shape index (κ2) is 11.6. The van der Waals surface area contributed by atoms with Gasteiger partial charge in [-0.3, -0.25) is 14.4 Å². The number of anilines is 1. The van der Waals surface area contributed by atoms with Crippen molar-refractivity contribution in [1.29, 1.82) is 0 Å². The van der Waals surface area contributed by atoms with Gasteiger partial charge in [-0.25, -0.2) is 0 Å². The monoisotopic (exact) mass is 518 g/mol. The molecule has 2 heterocycles. The molecule has 1 spiro atoms. The van der Waals surface area contributed by atoms with Crippen molar-refractivity contribution in [3.8, 4) is 0 Å². The van der Waals surface area contributed by atoms with Gasteiger partial charge in [0, 0.05) is 31.7 Å². The molecule has 2 aromatic rings. The molecule has 0 aromatic heterocycles. The molecule has 0 bridgehead atoms. The van der Waals surface area contributed by atoms with Gasteiger partial charge in [-0.05, 0) is 48.3 Å². The molecular weight excluding hydrogens is 476 g/mol. The summed E-state index contributed by atoms with van der Waals surface area (Å²) in [5, 5.41) is 2.94. The molecule has 2 aliphatic heterocycles. The van der Waals surface area contributed by atoms with Crippen LogP contribution in [0.4, 0.5) is 5.69 Å². The highest BCUT2D eigenvalue weighted by Gasteiger charge is 2.54. The summed E-state index contributed by atoms with van der Waals surface area (Å²) in [4.78, 5) is 45.5. The van der Waals surface area contributed by atoms with Crippen LogP contribution in [0.3, 0.4) is 0 Å². The van der Waals surface area contributed by atoms with Crippen molar-refractivity contribution >= 4 is 23.4 Å². The first-order valence-corrected chi connectivity index (χ1v) is 13.8. The number of para-hydroxylation sites is 1. The molecule has 3 amide bonds. The van der Waals surface area contributed by atoms with Crippen molar-refractivity contribution < 1.29 is 14.4 Å². The quantitative estimate of drug-likeness (QED) is 0.561. The fourth-order valence-corrected chi connectivity index (χ4v) is 6.02. The molecule has 204 valence electrons. The number of piperidine rings is 1. The number of amides is 3. The van der Waals surface area contributed by atoms with Gasteiger partial charge in [0.25, 0.3) is 5.91 Å². The molecule has 4 rings (SSSR count). The molecule has 38 heavy (non-hydrogen) atoms. The largest absolute Gasteiger partial charge is 0.350 e. The molecule has 2 saturated heterocycles. The maximum atomic E-state index is 13.9. The van der Waals surface area contributed by atoms with E-state index in [1.165, 1.54) is 0 Å². The van der Waals surface area contributed by atoms with Crippen LogP contribution in [0.5, 0.6) is 0 Å². The normalized spacial score (nSPS) is 18.1. The number of rotatable bonds is 8. The van der Waals surface area contributed by atoms with Gasteiger partial charge < -0.3 is 20.0 Å². The lowest BCUT2D eigenvalue weighted by atomic mass is 9.83. The topological polar surface area (TPSA) is 73.0 Å². The predicted molar refractivity (Wildman–Crippen MR) is 150 cm³/mol. The fourth-order valence-electron chi connectivity index (χ4n) is 6.02. The van der Waals surface area contributed by atoms with Crippen LogP contribution in [-0.4, -0.2) is 59.4 Å². The molecule has 0 unspecified atom stereocenters. The zero-order valence-corrected chi connectivity index (χ0v) is 23.3. The van der Waals surface area contributed by atoms with Gasteiger partial charge in [0.15, 0.2) is 0 Å². The Kier molecular flexibility index (Phi) is 8.44. The van der Waals surface area contributed by atoms with Crippen molar-refractivity contribution in [1.82, 2.24) is 15.1 Å². The summed E-state index contributed by atoms with van der Waals surface area (Å²) >= 11 is 0. The van der Waals surface area contributed by atoms with Crippen molar-refractivity contribution in [2.24, 2.45) is 11.3 Å². The zero-order valence-electron chi connectivity index (χ0n) is 23.3. The van der Waals surface area contributed by atoms with Gasteiger partial charge in [0.1, 0.15) is 12.1 Å². The van der Waals surface area contributed by atoms with E-state index in [1.807, 2.05) is 65.6 Å². The second-order valence-electron chi connectivity index (χ2n) is 12.2. The Morgan fingerprint density at radius 3 is 2.18 bits per heavy atom. The van der Waals surface area contributed by atoms with Gasteiger partial charge >= 0.3 is 0 Å². The molecule has 0 aliphatic carbocycles. The molecule has 7 nitrogen and oxygen atoms in total. The van der Waals surface area contributed by atoms with E-state index in [0.29, 0.717) is 51.5 Å². The van der Waals surface area contributed by atoms with E-state index in [0.717, 1.165) is 17.7 Å². The fraction of sp³-hybridized carbons (Fsp3) is 0.516. The van der Waals surface area contributed by atoms with Crippen LogP contribution in [0.15, 0.2) is 60.7 Å². The first kappa shape index (κ1) is 27.7. The molecule has 1 N–H and O–H groups in total. The highest BCUT2D eigenvalue weighted by molar-refractivity contribution is 5.96. The van der Waals surface area contributed by atoms with E-state index in [4.69, 9.17) is 0 Å². The number of carbonyl (C=O) groups is 3. The molecule has 0 radical (unpaired) electrons. The maximum absolute atomic E-state index is 13.9. The third-order valence-electron chi connectivity index (χ3n) is 7.68. The lowest BCUT2D eigenvalue weighted by Crippen LogP contribution is -2.57. The van der Waals surface area contributed by atoms with Crippen LogP contribution in [-0.2, 0) is 20.9 Å². The van der Waals surface area contributed by atoms with Crippen LogP contribution >= 0.6 is 0 Å².